The Labute approximate surface area is 122 Å². The third-order valence-electron chi connectivity index (χ3n) is 7.20. The summed E-state index contributed by atoms with van der Waals surface area (Å²) in [5, 5.41) is 0. The number of fused-ring (bicyclic) bond motifs is 5. The smallest absolute Gasteiger partial charge is 0.140 e. The molecular formula is C19H26O. The summed E-state index contributed by atoms with van der Waals surface area (Å²) in [5.74, 6) is 2.08. The Morgan fingerprint density at radius 2 is 2.00 bits per heavy atom. The summed E-state index contributed by atoms with van der Waals surface area (Å²) in [6, 6.07) is 0. The van der Waals surface area contributed by atoms with Gasteiger partial charge in [0.1, 0.15) is 5.78 Å². The van der Waals surface area contributed by atoms with Crippen molar-refractivity contribution in [3.63, 3.8) is 0 Å². The van der Waals surface area contributed by atoms with E-state index in [9.17, 15) is 4.79 Å². The maximum absolute atomic E-state index is 12.8. The van der Waals surface area contributed by atoms with Gasteiger partial charge in [-0.05, 0) is 48.5 Å². The van der Waals surface area contributed by atoms with Crippen LogP contribution in [0.5, 0.6) is 0 Å². The van der Waals surface area contributed by atoms with Crippen LogP contribution in [-0.2, 0) is 4.79 Å². The molecule has 108 valence electrons. The van der Waals surface area contributed by atoms with Gasteiger partial charge in [-0.1, -0.05) is 44.9 Å². The van der Waals surface area contributed by atoms with E-state index in [4.69, 9.17) is 0 Å². The van der Waals surface area contributed by atoms with Gasteiger partial charge in [-0.3, -0.25) is 4.79 Å². The second-order valence-electron chi connectivity index (χ2n) is 8.14. The quantitative estimate of drug-likeness (QED) is 0.624. The molecule has 0 aliphatic heterocycles. The Morgan fingerprint density at radius 1 is 1.15 bits per heavy atom. The standard InChI is InChI=1S/C19H26O/c1-18-9-5-7-14(18)17-15(8-11-18)19(2)10-4-3-6-13(19)12-16(17)20/h5,7,9,13,15,17H,3-4,6,8,10-12H2,1-2H3/t13?,15-,17-,18-,19-/m0/s1. The largest absolute Gasteiger partial charge is 0.299 e. The molecule has 1 heteroatoms. The fraction of sp³-hybridized carbons (Fsp3) is 0.737. The summed E-state index contributed by atoms with van der Waals surface area (Å²) >= 11 is 0. The van der Waals surface area contributed by atoms with Crippen molar-refractivity contribution in [3.05, 3.63) is 23.8 Å². The molecule has 4 aliphatic carbocycles. The molecule has 0 radical (unpaired) electrons. The summed E-state index contributed by atoms with van der Waals surface area (Å²) in [6.07, 6.45) is 15.5. The van der Waals surface area contributed by atoms with E-state index in [0.717, 1.165) is 6.42 Å². The van der Waals surface area contributed by atoms with Crippen LogP contribution in [0.15, 0.2) is 23.8 Å². The lowest BCUT2D eigenvalue weighted by Gasteiger charge is -2.57. The van der Waals surface area contributed by atoms with Crippen molar-refractivity contribution in [1.82, 2.24) is 0 Å². The maximum atomic E-state index is 12.8. The molecule has 4 rings (SSSR count). The predicted octanol–water partition coefficient (Wildman–Crippen LogP) is 4.68. The fourth-order valence-electron chi connectivity index (χ4n) is 5.91. The first-order valence-electron chi connectivity index (χ1n) is 8.47. The van der Waals surface area contributed by atoms with E-state index in [1.807, 2.05) is 0 Å². The van der Waals surface area contributed by atoms with E-state index in [0.29, 0.717) is 23.0 Å². The van der Waals surface area contributed by atoms with Crippen LogP contribution in [0, 0.1) is 28.6 Å². The molecule has 0 spiro atoms. The van der Waals surface area contributed by atoms with E-state index in [1.54, 1.807) is 0 Å². The van der Waals surface area contributed by atoms with Crippen molar-refractivity contribution in [1.29, 1.82) is 0 Å². The van der Waals surface area contributed by atoms with Crippen molar-refractivity contribution in [2.75, 3.05) is 0 Å². The first-order chi connectivity index (χ1) is 9.55. The maximum Gasteiger partial charge on any atom is 0.140 e. The van der Waals surface area contributed by atoms with E-state index in [-0.39, 0.29) is 11.3 Å². The van der Waals surface area contributed by atoms with E-state index < -0.39 is 0 Å². The van der Waals surface area contributed by atoms with Crippen LogP contribution in [-0.4, -0.2) is 5.78 Å². The van der Waals surface area contributed by atoms with Crippen LogP contribution >= 0.6 is 0 Å². The van der Waals surface area contributed by atoms with Crippen molar-refractivity contribution < 1.29 is 4.79 Å². The number of carbonyl (C=O) groups is 1. The van der Waals surface area contributed by atoms with Crippen LogP contribution in [0.25, 0.3) is 0 Å². The minimum atomic E-state index is 0.189. The summed E-state index contributed by atoms with van der Waals surface area (Å²) in [4.78, 5) is 12.8. The predicted molar refractivity (Wildman–Crippen MR) is 81.2 cm³/mol. The molecule has 0 aromatic rings. The SMILES string of the molecule is C[C@@]12C=CC=C1[C@@H]1C(=O)CC3CCCC[C@]3(C)[C@H]1CC2. The first-order valence-corrected chi connectivity index (χ1v) is 8.47. The minimum Gasteiger partial charge on any atom is -0.299 e. The number of rotatable bonds is 0. The van der Waals surface area contributed by atoms with Gasteiger partial charge in [0.05, 0.1) is 0 Å². The number of allylic oxidation sites excluding steroid dienone is 4. The molecule has 20 heavy (non-hydrogen) atoms. The average molecular weight is 270 g/mol. The highest BCUT2D eigenvalue weighted by Gasteiger charge is 2.57. The Kier molecular flexibility index (Phi) is 2.63. The zero-order valence-electron chi connectivity index (χ0n) is 12.8. The van der Waals surface area contributed by atoms with Gasteiger partial charge in [-0.2, -0.15) is 0 Å². The van der Waals surface area contributed by atoms with Gasteiger partial charge in [0.15, 0.2) is 0 Å². The van der Waals surface area contributed by atoms with E-state index in [1.165, 1.54) is 44.1 Å². The molecule has 0 saturated heterocycles. The van der Waals surface area contributed by atoms with E-state index >= 15 is 0 Å². The number of carbonyl (C=O) groups excluding carboxylic acids is 1. The number of hydrogen-bond donors (Lipinski definition) is 0. The van der Waals surface area contributed by atoms with Gasteiger partial charge in [0.25, 0.3) is 0 Å². The Morgan fingerprint density at radius 3 is 2.85 bits per heavy atom. The molecule has 0 amide bonds. The number of hydrogen-bond acceptors (Lipinski definition) is 1. The second kappa shape index (κ2) is 4.08. The summed E-state index contributed by atoms with van der Waals surface area (Å²) < 4.78 is 0. The lowest BCUT2D eigenvalue weighted by molar-refractivity contribution is -0.139. The van der Waals surface area contributed by atoms with E-state index in [2.05, 4.69) is 32.1 Å². The fourth-order valence-corrected chi connectivity index (χ4v) is 5.91. The molecule has 0 bridgehead atoms. The third kappa shape index (κ3) is 1.53. The first kappa shape index (κ1) is 12.9. The number of ketones is 1. The Bertz CT molecular complexity index is 514. The zero-order chi connectivity index (χ0) is 14.0. The number of Topliss-reactive ketones (excluding diaryl/α,β-unsaturated/α-hetero) is 1. The zero-order valence-corrected chi connectivity index (χ0v) is 12.8. The molecule has 3 fully saturated rings. The highest BCUT2D eigenvalue weighted by atomic mass is 16.1. The van der Waals surface area contributed by atoms with Crippen LogP contribution in [0.4, 0.5) is 0 Å². The molecule has 0 N–H and O–H groups in total. The van der Waals surface area contributed by atoms with Crippen LogP contribution in [0.1, 0.15) is 58.8 Å². The Balaban J connectivity index is 1.75. The summed E-state index contributed by atoms with van der Waals surface area (Å²) in [6.45, 7) is 4.84. The van der Waals surface area contributed by atoms with Crippen LogP contribution in [0.2, 0.25) is 0 Å². The van der Waals surface area contributed by atoms with Gasteiger partial charge in [-0.25, -0.2) is 0 Å². The highest BCUT2D eigenvalue weighted by molar-refractivity contribution is 5.86. The molecule has 0 heterocycles. The third-order valence-corrected chi connectivity index (χ3v) is 7.20. The molecule has 3 saturated carbocycles. The van der Waals surface area contributed by atoms with Gasteiger partial charge in [0.2, 0.25) is 0 Å². The monoisotopic (exact) mass is 270 g/mol. The van der Waals surface area contributed by atoms with Crippen LogP contribution in [0.3, 0.4) is 0 Å². The minimum absolute atomic E-state index is 0.189. The molecule has 0 aromatic heterocycles. The Hall–Kier alpha value is -0.850. The summed E-state index contributed by atoms with van der Waals surface area (Å²) in [5.41, 5.74) is 2.07. The highest BCUT2D eigenvalue weighted by Crippen LogP contribution is 2.62. The average Bonchev–Trinajstić information content (AvgIpc) is 2.81. The molecule has 4 aliphatic rings. The van der Waals surface area contributed by atoms with Crippen molar-refractivity contribution in [2.24, 2.45) is 28.6 Å². The van der Waals surface area contributed by atoms with Gasteiger partial charge in [0, 0.05) is 17.8 Å². The van der Waals surface area contributed by atoms with Gasteiger partial charge >= 0.3 is 0 Å². The molecule has 5 atom stereocenters. The second-order valence-corrected chi connectivity index (χ2v) is 8.14. The lowest BCUT2D eigenvalue weighted by atomic mass is 9.46. The normalized spacial score (nSPS) is 50.2. The van der Waals surface area contributed by atoms with Crippen molar-refractivity contribution >= 4 is 5.78 Å². The van der Waals surface area contributed by atoms with Crippen LogP contribution < -0.4 is 0 Å². The van der Waals surface area contributed by atoms with Gasteiger partial charge < -0.3 is 0 Å². The lowest BCUT2D eigenvalue weighted by Crippen LogP contribution is -2.53. The molecule has 0 aromatic carbocycles. The molecule has 1 nitrogen and oxygen atoms in total. The van der Waals surface area contributed by atoms with Crippen molar-refractivity contribution in [3.8, 4) is 0 Å². The topological polar surface area (TPSA) is 17.1 Å². The molecular weight excluding hydrogens is 244 g/mol. The van der Waals surface area contributed by atoms with Gasteiger partial charge in [-0.15, -0.1) is 0 Å². The summed E-state index contributed by atoms with van der Waals surface area (Å²) in [7, 11) is 0. The molecule has 1 unspecified atom stereocenters. The van der Waals surface area contributed by atoms with Crippen molar-refractivity contribution in [2.45, 2.75) is 58.8 Å².